The number of nitrogens with zero attached hydrogens (tertiary/aromatic N) is 3. The molecule has 8 heteroatoms. The molecule has 2 amide bonds. The van der Waals surface area contributed by atoms with Crippen molar-refractivity contribution >= 4 is 11.8 Å². The van der Waals surface area contributed by atoms with Crippen LogP contribution in [0.2, 0.25) is 0 Å². The first-order valence-corrected chi connectivity index (χ1v) is 11.1. The van der Waals surface area contributed by atoms with Crippen molar-refractivity contribution in [1.29, 1.82) is 0 Å². The van der Waals surface area contributed by atoms with Crippen LogP contribution in [-0.4, -0.2) is 78.1 Å². The van der Waals surface area contributed by atoms with Crippen LogP contribution in [0.15, 0.2) is 18.5 Å². The van der Waals surface area contributed by atoms with Gasteiger partial charge >= 0.3 is 0 Å². The predicted molar refractivity (Wildman–Crippen MR) is 109 cm³/mol. The second-order valence-corrected chi connectivity index (χ2v) is 8.52. The Hall–Kier alpha value is -2.06. The zero-order valence-electron chi connectivity index (χ0n) is 17.4. The molecule has 0 bridgehead atoms. The van der Waals surface area contributed by atoms with E-state index in [1.165, 1.54) is 12.3 Å². The van der Waals surface area contributed by atoms with Crippen LogP contribution >= 0.6 is 0 Å². The molecule has 164 valence electrons. The third kappa shape index (κ3) is 5.16. The van der Waals surface area contributed by atoms with E-state index < -0.39 is 11.7 Å². The highest BCUT2D eigenvalue weighted by atomic mass is 19.1. The number of ether oxygens (including phenoxy) is 1. The maximum absolute atomic E-state index is 13.8. The van der Waals surface area contributed by atoms with E-state index in [2.05, 4.69) is 15.2 Å². The molecule has 7 nitrogen and oxygen atoms in total. The molecule has 1 aliphatic carbocycles. The number of carbonyl (C=O) groups is 2. The van der Waals surface area contributed by atoms with Gasteiger partial charge in [0.2, 0.25) is 5.91 Å². The van der Waals surface area contributed by atoms with Crippen LogP contribution in [0.5, 0.6) is 0 Å². The SMILES string of the molecule is O=C(NCCN(C1CCOCC1)C1CCN(C(=O)C2CC2)CC1)c1ccncc1F. The van der Waals surface area contributed by atoms with Gasteiger partial charge in [-0.1, -0.05) is 0 Å². The highest BCUT2D eigenvalue weighted by Gasteiger charge is 2.37. The number of halogens is 1. The zero-order chi connectivity index (χ0) is 20.9. The van der Waals surface area contributed by atoms with Gasteiger partial charge in [-0.15, -0.1) is 0 Å². The normalized spacial score (nSPS) is 21.1. The molecule has 4 rings (SSSR count). The summed E-state index contributed by atoms with van der Waals surface area (Å²) in [4.78, 5) is 32.9. The van der Waals surface area contributed by atoms with Crippen LogP contribution in [0, 0.1) is 11.7 Å². The number of hydrogen-bond acceptors (Lipinski definition) is 5. The Balaban J connectivity index is 1.32. The average molecular weight is 419 g/mol. The summed E-state index contributed by atoms with van der Waals surface area (Å²) in [5, 5.41) is 2.85. The number of hydrogen-bond donors (Lipinski definition) is 1. The highest BCUT2D eigenvalue weighted by molar-refractivity contribution is 5.94. The molecule has 1 aromatic rings. The first-order chi connectivity index (χ1) is 14.6. The number of piperidine rings is 1. The first-order valence-electron chi connectivity index (χ1n) is 11.1. The lowest BCUT2D eigenvalue weighted by molar-refractivity contribution is -0.134. The minimum Gasteiger partial charge on any atom is -0.381 e. The summed E-state index contributed by atoms with van der Waals surface area (Å²) >= 11 is 0. The number of aromatic nitrogens is 1. The van der Waals surface area contributed by atoms with E-state index >= 15 is 0 Å². The van der Waals surface area contributed by atoms with Crippen LogP contribution < -0.4 is 5.32 Å². The third-order valence-corrected chi connectivity index (χ3v) is 6.50. The van der Waals surface area contributed by atoms with Crippen molar-refractivity contribution in [2.75, 3.05) is 39.4 Å². The molecule has 1 saturated carbocycles. The molecule has 3 aliphatic rings. The van der Waals surface area contributed by atoms with E-state index in [-0.39, 0.29) is 11.5 Å². The summed E-state index contributed by atoms with van der Waals surface area (Å²) in [7, 11) is 0. The molecule has 0 spiro atoms. The van der Waals surface area contributed by atoms with Crippen molar-refractivity contribution in [1.82, 2.24) is 20.1 Å². The largest absolute Gasteiger partial charge is 0.381 e. The molecule has 0 atom stereocenters. The van der Waals surface area contributed by atoms with E-state index in [9.17, 15) is 14.0 Å². The second kappa shape index (κ2) is 9.83. The van der Waals surface area contributed by atoms with Gasteiger partial charge in [0.1, 0.15) is 0 Å². The van der Waals surface area contributed by atoms with Gasteiger partial charge in [-0.3, -0.25) is 19.5 Å². The van der Waals surface area contributed by atoms with Crippen LogP contribution in [0.1, 0.15) is 48.9 Å². The lowest BCUT2D eigenvalue weighted by Gasteiger charge is -2.43. The standard InChI is InChI=1S/C22H31FN4O3/c23-20-15-24-8-3-19(20)21(28)25-9-12-27(18-6-13-30-14-7-18)17-4-10-26(11-5-17)22(29)16-1-2-16/h3,8,15-18H,1-2,4-7,9-14H2,(H,25,28). The Kier molecular flexibility index (Phi) is 6.94. The summed E-state index contributed by atoms with van der Waals surface area (Å²) in [5.41, 5.74) is 0.0227. The zero-order valence-corrected chi connectivity index (χ0v) is 17.4. The lowest BCUT2D eigenvalue weighted by Crippen LogP contribution is -2.53. The van der Waals surface area contributed by atoms with Crippen LogP contribution in [0.25, 0.3) is 0 Å². The van der Waals surface area contributed by atoms with Gasteiger partial charge in [0, 0.05) is 63.6 Å². The van der Waals surface area contributed by atoms with E-state index in [0.29, 0.717) is 31.1 Å². The molecular formula is C22H31FN4O3. The smallest absolute Gasteiger partial charge is 0.254 e. The van der Waals surface area contributed by atoms with Gasteiger partial charge in [0.25, 0.3) is 5.91 Å². The van der Waals surface area contributed by atoms with E-state index in [4.69, 9.17) is 4.74 Å². The van der Waals surface area contributed by atoms with Gasteiger partial charge in [-0.2, -0.15) is 0 Å². The molecule has 0 unspecified atom stereocenters. The average Bonchev–Trinajstić information content (AvgIpc) is 3.63. The van der Waals surface area contributed by atoms with Gasteiger partial charge in [-0.25, -0.2) is 4.39 Å². The van der Waals surface area contributed by atoms with Crippen molar-refractivity contribution in [2.24, 2.45) is 5.92 Å². The van der Waals surface area contributed by atoms with Crippen molar-refractivity contribution in [2.45, 2.75) is 50.6 Å². The number of carbonyl (C=O) groups excluding carboxylic acids is 2. The van der Waals surface area contributed by atoms with Gasteiger partial charge in [0.05, 0.1) is 11.8 Å². The number of amides is 2. The molecule has 2 aliphatic heterocycles. The van der Waals surface area contributed by atoms with Crippen LogP contribution in [0.4, 0.5) is 4.39 Å². The Labute approximate surface area is 177 Å². The first kappa shape index (κ1) is 21.2. The molecule has 0 radical (unpaired) electrons. The topological polar surface area (TPSA) is 74.8 Å². The number of rotatable bonds is 7. The quantitative estimate of drug-likeness (QED) is 0.731. The summed E-state index contributed by atoms with van der Waals surface area (Å²) in [5.74, 6) is -0.412. The molecule has 3 heterocycles. The lowest BCUT2D eigenvalue weighted by atomic mass is 9.97. The van der Waals surface area contributed by atoms with Crippen molar-refractivity contribution < 1.29 is 18.7 Å². The summed E-state index contributed by atoms with van der Waals surface area (Å²) in [6.07, 6.45) is 8.45. The second-order valence-electron chi connectivity index (χ2n) is 8.52. The third-order valence-electron chi connectivity index (χ3n) is 6.50. The van der Waals surface area contributed by atoms with Crippen molar-refractivity contribution in [3.05, 3.63) is 29.8 Å². The highest BCUT2D eigenvalue weighted by Crippen LogP contribution is 2.32. The minimum atomic E-state index is -0.607. The molecule has 2 saturated heterocycles. The number of likely N-dealkylation sites (tertiary alicyclic amines) is 1. The fraction of sp³-hybridized carbons (Fsp3) is 0.682. The Bertz CT molecular complexity index is 744. The van der Waals surface area contributed by atoms with Crippen molar-refractivity contribution in [3.63, 3.8) is 0 Å². The van der Waals surface area contributed by atoms with Gasteiger partial charge < -0.3 is 15.0 Å². The number of pyridine rings is 1. The summed E-state index contributed by atoms with van der Waals surface area (Å²) in [6, 6.07) is 2.21. The minimum absolute atomic E-state index is 0.0227. The molecule has 1 aromatic heterocycles. The maximum Gasteiger partial charge on any atom is 0.254 e. The monoisotopic (exact) mass is 418 g/mol. The molecule has 30 heavy (non-hydrogen) atoms. The predicted octanol–water partition coefficient (Wildman–Crippen LogP) is 1.83. The van der Waals surface area contributed by atoms with E-state index in [0.717, 1.165) is 71.0 Å². The fourth-order valence-corrected chi connectivity index (χ4v) is 4.64. The number of nitrogens with one attached hydrogen (secondary N) is 1. The maximum atomic E-state index is 13.8. The summed E-state index contributed by atoms with van der Waals surface area (Å²) < 4.78 is 19.3. The van der Waals surface area contributed by atoms with Crippen LogP contribution in [0.3, 0.4) is 0 Å². The van der Waals surface area contributed by atoms with Crippen molar-refractivity contribution in [3.8, 4) is 0 Å². The molecule has 3 fully saturated rings. The summed E-state index contributed by atoms with van der Waals surface area (Å²) in [6.45, 7) is 4.32. The van der Waals surface area contributed by atoms with Gasteiger partial charge in [-0.05, 0) is 44.6 Å². The molecule has 0 aromatic carbocycles. The Morgan fingerprint density at radius 2 is 1.83 bits per heavy atom. The van der Waals surface area contributed by atoms with E-state index in [1.54, 1.807) is 0 Å². The fourth-order valence-electron chi connectivity index (χ4n) is 4.64. The van der Waals surface area contributed by atoms with Crippen LogP contribution in [-0.2, 0) is 9.53 Å². The Morgan fingerprint density at radius 1 is 1.13 bits per heavy atom. The van der Waals surface area contributed by atoms with E-state index in [1.807, 2.05) is 4.90 Å². The molecular weight excluding hydrogens is 387 g/mol. The Morgan fingerprint density at radius 3 is 2.50 bits per heavy atom. The molecule has 1 N–H and O–H groups in total. The van der Waals surface area contributed by atoms with Gasteiger partial charge in [0.15, 0.2) is 5.82 Å².